The fourth-order valence-corrected chi connectivity index (χ4v) is 3.34. The molecule has 3 heteroatoms. The molecule has 0 saturated carbocycles. The van der Waals surface area contributed by atoms with Gasteiger partial charge in [0, 0.05) is 18.5 Å². The molecule has 1 unspecified atom stereocenters. The molecule has 1 saturated heterocycles. The molecule has 23 heavy (non-hydrogen) atoms. The van der Waals surface area contributed by atoms with Gasteiger partial charge in [0.15, 0.2) is 0 Å². The number of carbonyl (C=O) groups excluding carboxylic acids is 1. The van der Waals surface area contributed by atoms with Crippen LogP contribution in [-0.4, -0.2) is 22.9 Å². The highest BCUT2D eigenvalue weighted by Crippen LogP contribution is 2.32. The maximum atomic E-state index is 12.9. The number of hydrogen-bond donors (Lipinski definition) is 0. The minimum Gasteiger partial charge on any atom is -0.320 e. The van der Waals surface area contributed by atoms with Gasteiger partial charge in [-0.2, -0.15) is 5.26 Å². The molecular weight excluding hydrogens is 284 g/mol. The molecule has 0 spiro atoms. The molecule has 0 aromatic heterocycles. The molecule has 116 valence electrons. The molecule has 1 fully saturated rings. The first-order valence-electron chi connectivity index (χ1n) is 8.07. The van der Waals surface area contributed by atoms with Crippen LogP contribution in [0.4, 0.5) is 0 Å². The Morgan fingerprint density at radius 2 is 1.70 bits per heavy atom. The first kappa shape index (κ1) is 15.3. The van der Waals surface area contributed by atoms with Gasteiger partial charge in [-0.25, -0.2) is 0 Å². The van der Waals surface area contributed by atoms with E-state index in [-0.39, 0.29) is 5.91 Å². The van der Waals surface area contributed by atoms with Crippen molar-refractivity contribution >= 4 is 5.91 Å². The summed E-state index contributed by atoms with van der Waals surface area (Å²) in [5.41, 5.74) is 1.01. The molecule has 2 aromatic carbocycles. The van der Waals surface area contributed by atoms with Gasteiger partial charge in [0.05, 0.1) is 6.07 Å². The first-order valence-corrected chi connectivity index (χ1v) is 8.07. The minimum atomic E-state index is -0.744. The van der Waals surface area contributed by atoms with Crippen molar-refractivity contribution in [2.75, 3.05) is 6.54 Å². The predicted molar refractivity (Wildman–Crippen MR) is 89.8 cm³/mol. The van der Waals surface area contributed by atoms with Crippen LogP contribution in [0.1, 0.15) is 35.2 Å². The van der Waals surface area contributed by atoms with E-state index in [1.807, 2.05) is 60.7 Å². The smallest absolute Gasteiger partial charge is 0.255 e. The standard InChI is InChI=1S/C20H20N2O/c21-16-20(15-17-9-3-1-4-10-17)13-7-8-14-22(20)19(23)18-11-5-2-6-12-18/h1-6,9-12H,7-8,13-15H2. The summed E-state index contributed by atoms with van der Waals surface area (Å²) in [5, 5.41) is 9.93. The van der Waals surface area contributed by atoms with Crippen LogP contribution >= 0.6 is 0 Å². The average molecular weight is 304 g/mol. The molecular formula is C20H20N2O. The Kier molecular flexibility index (Phi) is 4.43. The zero-order valence-corrected chi connectivity index (χ0v) is 13.1. The van der Waals surface area contributed by atoms with Gasteiger partial charge in [0.1, 0.15) is 5.54 Å². The lowest BCUT2D eigenvalue weighted by Gasteiger charge is -2.42. The normalized spacial score (nSPS) is 20.7. The van der Waals surface area contributed by atoms with Gasteiger partial charge >= 0.3 is 0 Å². The molecule has 1 atom stereocenters. The van der Waals surface area contributed by atoms with Gasteiger partial charge in [-0.3, -0.25) is 4.79 Å². The van der Waals surface area contributed by atoms with Gasteiger partial charge in [-0.05, 0) is 37.0 Å². The Labute approximate surface area is 137 Å². The number of amides is 1. The van der Waals surface area contributed by atoms with E-state index in [0.717, 1.165) is 24.8 Å². The van der Waals surface area contributed by atoms with Crippen LogP contribution < -0.4 is 0 Å². The van der Waals surface area contributed by atoms with Crippen molar-refractivity contribution in [3.8, 4) is 6.07 Å². The van der Waals surface area contributed by atoms with Gasteiger partial charge in [-0.1, -0.05) is 48.5 Å². The lowest BCUT2D eigenvalue weighted by Crippen LogP contribution is -2.55. The fraction of sp³-hybridized carbons (Fsp3) is 0.300. The number of likely N-dealkylation sites (tertiary alicyclic amines) is 1. The fourth-order valence-electron chi connectivity index (χ4n) is 3.34. The Bertz CT molecular complexity index is 705. The van der Waals surface area contributed by atoms with Crippen LogP contribution in [-0.2, 0) is 6.42 Å². The summed E-state index contributed by atoms with van der Waals surface area (Å²) in [6.07, 6.45) is 3.26. The summed E-state index contributed by atoms with van der Waals surface area (Å²) in [6, 6.07) is 21.7. The first-order chi connectivity index (χ1) is 11.2. The van der Waals surface area contributed by atoms with Crippen LogP contribution in [0.15, 0.2) is 60.7 Å². The summed E-state index contributed by atoms with van der Waals surface area (Å²) in [6.45, 7) is 0.647. The van der Waals surface area contributed by atoms with Crippen molar-refractivity contribution in [1.82, 2.24) is 4.90 Å². The summed E-state index contributed by atoms with van der Waals surface area (Å²) >= 11 is 0. The van der Waals surface area contributed by atoms with Crippen molar-refractivity contribution in [2.24, 2.45) is 0 Å². The van der Waals surface area contributed by atoms with E-state index in [4.69, 9.17) is 0 Å². The topological polar surface area (TPSA) is 44.1 Å². The number of nitriles is 1. The van der Waals surface area contributed by atoms with E-state index >= 15 is 0 Å². The molecule has 2 aromatic rings. The van der Waals surface area contributed by atoms with Crippen molar-refractivity contribution in [3.05, 3.63) is 71.8 Å². The van der Waals surface area contributed by atoms with Gasteiger partial charge in [0.25, 0.3) is 5.91 Å². The molecule has 1 aliphatic rings. The largest absolute Gasteiger partial charge is 0.320 e. The highest BCUT2D eigenvalue weighted by Gasteiger charge is 2.42. The number of hydrogen-bond acceptors (Lipinski definition) is 2. The number of carbonyl (C=O) groups is 1. The maximum Gasteiger partial charge on any atom is 0.255 e. The average Bonchev–Trinajstić information content (AvgIpc) is 2.63. The van der Waals surface area contributed by atoms with E-state index in [2.05, 4.69) is 6.07 Å². The SMILES string of the molecule is N#CC1(Cc2ccccc2)CCCCN1C(=O)c1ccccc1. The monoisotopic (exact) mass is 304 g/mol. The van der Waals surface area contributed by atoms with Gasteiger partial charge in [0.2, 0.25) is 0 Å². The van der Waals surface area contributed by atoms with Crippen molar-refractivity contribution in [2.45, 2.75) is 31.2 Å². The summed E-state index contributed by atoms with van der Waals surface area (Å²) in [7, 11) is 0. The van der Waals surface area contributed by atoms with Crippen molar-refractivity contribution in [3.63, 3.8) is 0 Å². The third-order valence-corrected chi connectivity index (χ3v) is 4.55. The summed E-state index contributed by atoms with van der Waals surface area (Å²) in [4.78, 5) is 14.7. The van der Waals surface area contributed by atoms with E-state index in [9.17, 15) is 10.1 Å². The van der Waals surface area contributed by atoms with E-state index < -0.39 is 5.54 Å². The van der Waals surface area contributed by atoms with Crippen molar-refractivity contribution < 1.29 is 4.79 Å². The number of piperidine rings is 1. The second-order valence-corrected chi connectivity index (χ2v) is 6.09. The van der Waals surface area contributed by atoms with Crippen LogP contribution in [0.3, 0.4) is 0 Å². The molecule has 0 aliphatic carbocycles. The van der Waals surface area contributed by atoms with Crippen LogP contribution in [0.5, 0.6) is 0 Å². The Morgan fingerprint density at radius 3 is 2.35 bits per heavy atom. The number of nitrogens with zero attached hydrogens (tertiary/aromatic N) is 2. The molecule has 3 nitrogen and oxygen atoms in total. The van der Waals surface area contributed by atoms with Crippen molar-refractivity contribution in [1.29, 1.82) is 5.26 Å². The van der Waals surface area contributed by atoms with Crippen LogP contribution in [0.2, 0.25) is 0 Å². The van der Waals surface area contributed by atoms with Crippen LogP contribution in [0.25, 0.3) is 0 Å². The zero-order chi connectivity index (χ0) is 16.1. The highest BCUT2D eigenvalue weighted by molar-refractivity contribution is 5.95. The van der Waals surface area contributed by atoms with E-state index in [1.54, 1.807) is 4.90 Å². The third kappa shape index (κ3) is 3.12. The van der Waals surface area contributed by atoms with E-state index in [0.29, 0.717) is 18.5 Å². The molecule has 1 amide bonds. The zero-order valence-electron chi connectivity index (χ0n) is 13.1. The second kappa shape index (κ2) is 6.66. The van der Waals surface area contributed by atoms with Crippen LogP contribution in [0, 0.1) is 11.3 Å². The van der Waals surface area contributed by atoms with E-state index in [1.165, 1.54) is 0 Å². The molecule has 0 N–H and O–H groups in total. The Hall–Kier alpha value is -2.60. The lowest BCUT2D eigenvalue weighted by molar-refractivity contribution is 0.0480. The Morgan fingerprint density at radius 1 is 1.04 bits per heavy atom. The lowest BCUT2D eigenvalue weighted by atomic mass is 9.82. The maximum absolute atomic E-state index is 12.9. The molecule has 0 radical (unpaired) electrons. The predicted octanol–water partition coefficient (Wildman–Crippen LogP) is 3.82. The molecule has 1 heterocycles. The molecule has 1 aliphatic heterocycles. The second-order valence-electron chi connectivity index (χ2n) is 6.09. The molecule has 3 rings (SSSR count). The quantitative estimate of drug-likeness (QED) is 0.865. The number of benzene rings is 2. The molecule has 0 bridgehead atoms. The number of rotatable bonds is 3. The Balaban J connectivity index is 1.93. The summed E-state index contributed by atoms with van der Waals surface area (Å²) < 4.78 is 0. The summed E-state index contributed by atoms with van der Waals surface area (Å²) in [5.74, 6) is -0.0391. The third-order valence-electron chi connectivity index (χ3n) is 4.55. The highest BCUT2D eigenvalue weighted by atomic mass is 16.2. The van der Waals surface area contributed by atoms with Gasteiger partial charge < -0.3 is 4.90 Å². The van der Waals surface area contributed by atoms with Gasteiger partial charge in [-0.15, -0.1) is 0 Å². The minimum absolute atomic E-state index is 0.0391.